The molecule has 0 atom stereocenters. The molecule has 0 spiro atoms. The standard InChI is InChI=1S/C16H22FNO2S/c1-18(12-16(20)9-4-5-10-16)15(19)8-11-21-14-7-3-2-6-13(14)17/h2-3,6-7,20H,4-5,8-12H2,1H3. The van der Waals surface area contributed by atoms with Crippen molar-refractivity contribution in [2.75, 3.05) is 19.3 Å². The fraction of sp³-hybridized carbons (Fsp3) is 0.562. The van der Waals surface area contributed by atoms with Crippen LogP contribution in [-0.4, -0.2) is 40.9 Å². The molecule has 1 N–H and O–H groups in total. The summed E-state index contributed by atoms with van der Waals surface area (Å²) in [5.41, 5.74) is -0.705. The van der Waals surface area contributed by atoms with Crippen LogP contribution in [0.25, 0.3) is 0 Å². The Bertz CT molecular complexity index is 489. The zero-order valence-corrected chi connectivity index (χ0v) is 13.2. The second-order valence-electron chi connectivity index (χ2n) is 5.71. The smallest absolute Gasteiger partial charge is 0.223 e. The summed E-state index contributed by atoms with van der Waals surface area (Å²) in [4.78, 5) is 14.2. The Kier molecular flexibility index (Phi) is 5.65. The van der Waals surface area contributed by atoms with Gasteiger partial charge in [0.2, 0.25) is 5.91 Å². The molecule has 5 heteroatoms. The Labute approximate surface area is 129 Å². The van der Waals surface area contributed by atoms with Crippen molar-refractivity contribution in [1.29, 1.82) is 0 Å². The van der Waals surface area contributed by atoms with Gasteiger partial charge in [-0.25, -0.2) is 4.39 Å². The lowest BCUT2D eigenvalue weighted by atomic mass is 10.0. The number of amides is 1. The second kappa shape index (κ2) is 7.27. The molecule has 0 unspecified atom stereocenters. The minimum absolute atomic E-state index is 0.000774. The van der Waals surface area contributed by atoms with E-state index in [9.17, 15) is 14.3 Å². The highest BCUT2D eigenvalue weighted by Gasteiger charge is 2.33. The molecule has 0 heterocycles. The largest absolute Gasteiger partial charge is 0.388 e. The second-order valence-corrected chi connectivity index (χ2v) is 6.85. The fourth-order valence-corrected chi connectivity index (χ4v) is 3.60. The van der Waals surface area contributed by atoms with Gasteiger partial charge in [-0.15, -0.1) is 11.8 Å². The topological polar surface area (TPSA) is 40.5 Å². The predicted molar refractivity (Wildman–Crippen MR) is 82.8 cm³/mol. The van der Waals surface area contributed by atoms with Crippen molar-refractivity contribution < 1.29 is 14.3 Å². The van der Waals surface area contributed by atoms with Crippen molar-refractivity contribution in [3.63, 3.8) is 0 Å². The van der Waals surface area contributed by atoms with E-state index in [-0.39, 0.29) is 11.7 Å². The van der Waals surface area contributed by atoms with Crippen LogP contribution >= 0.6 is 11.8 Å². The summed E-state index contributed by atoms with van der Waals surface area (Å²) in [6.45, 7) is 0.399. The minimum Gasteiger partial charge on any atom is -0.388 e. The zero-order valence-electron chi connectivity index (χ0n) is 12.3. The highest BCUT2D eigenvalue weighted by Crippen LogP contribution is 2.30. The third kappa shape index (κ3) is 4.71. The van der Waals surface area contributed by atoms with Gasteiger partial charge in [-0.05, 0) is 25.0 Å². The van der Waals surface area contributed by atoms with Gasteiger partial charge in [0.1, 0.15) is 5.82 Å². The number of carbonyl (C=O) groups excluding carboxylic acids is 1. The third-order valence-electron chi connectivity index (χ3n) is 3.90. The van der Waals surface area contributed by atoms with E-state index < -0.39 is 5.60 Å². The van der Waals surface area contributed by atoms with E-state index >= 15 is 0 Å². The number of nitrogens with zero attached hydrogens (tertiary/aromatic N) is 1. The lowest BCUT2D eigenvalue weighted by Gasteiger charge is -2.28. The van der Waals surface area contributed by atoms with Crippen LogP contribution in [0.15, 0.2) is 29.2 Å². The summed E-state index contributed by atoms with van der Waals surface area (Å²) in [6.07, 6.45) is 3.96. The maximum atomic E-state index is 13.4. The van der Waals surface area contributed by atoms with Crippen LogP contribution in [0.5, 0.6) is 0 Å². The highest BCUT2D eigenvalue weighted by atomic mass is 32.2. The van der Waals surface area contributed by atoms with E-state index in [2.05, 4.69) is 0 Å². The van der Waals surface area contributed by atoms with Gasteiger partial charge < -0.3 is 10.0 Å². The van der Waals surface area contributed by atoms with Crippen LogP contribution in [0.4, 0.5) is 4.39 Å². The molecule has 0 aliphatic heterocycles. The Hall–Kier alpha value is -1.07. The fourth-order valence-electron chi connectivity index (χ4n) is 2.72. The molecular weight excluding hydrogens is 289 g/mol. The average molecular weight is 311 g/mol. The molecule has 2 rings (SSSR count). The van der Waals surface area contributed by atoms with Crippen LogP contribution in [0.1, 0.15) is 32.1 Å². The molecular formula is C16H22FNO2S. The van der Waals surface area contributed by atoms with Crippen molar-refractivity contribution in [2.45, 2.75) is 42.6 Å². The van der Waals surface area contributed by atoms with Gasteiger partial charge in [0.05, 0.1) is 5.60 Å². The predicted octanol–water partition coefficient (Wildman–Crippen LogP) is 3.07. The molecule has 1 aliphatic rings. The van der Waals surface area contributed by atoms with Gasteiger partial charge >= 0.3 is 0 Å². The first-order valence-electron chi connectivity index (χ1n) is 7.34. The van der Waals surface area contributed by atoms with E-state index in [1.807, 2.05) is 0 Å². The van der Waals surface area contributed by atoms with Gasteiger partial charge in [-0.3, -0.25) is 4.79 Å². The first-order chi connectivity index (χ1) is 10.0. The summed E-state index contributed by atoms with van der Waals surface area (Å²) in [5.74, 6) is 0.297. The summed E-state index contributed by atoms with van der Waals surface area (Å²) in [6, 6.07) is 6.58. The number of likely N-dealkylation sites (N-methyl/N-ethyl adjacent to an activating group) is 1. The molecule has 21 heavy (non-hydrogen) atoms. The summed E-state index contributed by atoms with van der Waals surface area (Å²) in [7, 11) is 1.73. The van der Waals surface area contributed by atoms with Crippen LogP contribution in [0.2, 0.25) is 0 Å². The molecule has 1 aromatic carbocycles. The average Bonchev–Trinajstić information content (AvgIpc) is 2.87. The normalized spacial score (nSPS) is 16.9. The number of aliphatic hydroxyl groups is 1. The quantitative estimate of drug-likeness (QED) is 0.821. The number of carbonyl (C=O) groups is 1. The van der Waals surface area contributed by atoms with Crippen LogP contribution in [-0.2, 0) is 4.79 Å². The monoisotopic (exact) mass is 311 g/mol. The molecule has 0 bridgehead atoms. The highest BCUT2D eigenvalue weighted by molar-refractivity contribution is 7.99. The summed E-state index contributed by atoms with van der Waals surface area (Å²) >= 11 is 1.35. The number of benzene rings is 1. The van der Waals surface area contributed by atoms with Crippen LogP contribution < -0.4 is 0 Å². The minimum atomic E-state index is -0.705. The Balaban J connectivity index is 1.75. The first kappa shape index (κ1) is 16.3. The van der Waals surface area contributed by atoms with E-state index in [0.29, 0.717) is 23.6 Å². The lowest BCUT2D eigenvalue weighted by molar-refractivity contribution is -0.132. The number of hydrogen-bond acceptors (Lipinski definition) is 3. The molecule has 1 aliphatic carbocycles. The number of hydrogen-bond donors (Lipinski definition) is 1. The number of thioether (sulfide) groups is 1. The van der Waals surface area contributed by atoms with Gasteiger partial charge in [0.25, 0.3) is 0 Å². The Morgan fingerprint density at radius 1 is 1.38 bits per heavy atom. The SMILES string of the molecule is CN(CC1(O)CCCC1)C(=O)CCSc1ccccc1F. The molecule has 1 amide bonds. The molecule has 1 fully saturated rings. The summed E-state index contributed by atoms with van der Waals surface area (Å²) < 4.78 is 13.4. The molecule has 1 saturated carbocycles. The van der Waals surface area contributed by atoms with Crippen molar-refractivity contribution in [2.24, 2.45) is 0 Å². The lowest BCUT2D eigenvalue weighted by Crippen LogP contribution is -2.42. The van der Waals surface area contributed by atoms with Crippen molar-refractivity contribution in [3.05, 3.63) is 30.1 Å². The molecule has 0 saturated heterocycles. The van der Waals surface area contributed by atoms with Crippen molar-refractivity contribution in [1.82, 2.24) is 4.90 Å². The van der Waals surface area contributed by atoms with E-state index in [1.165, 1.54) is 17.8 Å². The first-order valence-corrected chi connectivity index (χ1v) is 8.32. The molecule has 0 aromatic heterocycles. The summed E-state index contributed by atoms with van der Waals surface area (Å²) in [5, 5.41) is 10.3. The number of rotatable bonds is 6. The Morgan fingerprint density at radius 3 is 2.71 bits per heavy atom. The van der Waals surface area contributed by atoms with Crippen LogP contribution in [0.3, 0.4) is 0 Å². The molecule has 3 nitrogen and oxygen atoms in total. The molecule has 1 aromatic rings. The zero-order chi connectivity index (χ0) is 15.3. The van der Waals surface area contributed by atoms with Crippen molar-refractivity contribution in [3.8, 4) is 0 Å². The van der Waals surface area contributed by atoms with Gasteiger partial charge in [0, 0.05) is 30.7 Å². The maximum Gasteiger partial charge on any atom is 0.223 e. The van der Waals surface area contributed by atoms with E-state index in [4.69, 9.17) is 0 Å². The number of halogens is 1. The molecule has 116 valence electrons. The van der Waals surface area contributed by atoms with E-state index in [0.717, 1.165) is 25.7 Å². The third-order valence-corrected chi connectivity index (χ3v) is 4.95. The molecule has 0 radical (unpaired) electrons. The maximum absolute atomic E-state index is 13.4. The van der Waals surface area contributed by atoms with Crippen LogP contribution in [0, 0.1) is 5.82 Å². The van der Waals surface area contributed by atoms with Crippen molar-refractivity contribution >= 4 is 17.7 Å². The van der Waals surface area contributed by atoms with Gasteiger partial charge in [-0.2, -0.15) is 0 Å². The Morgan fingerprint density at radius 2 is 2.05 bits per heavy atom. The van der Waals surface area contributed by atoms with E-state index in [1.54, 1.807) is 30.1 Å². The van der Waals surface area contributed by atoms with Gasteiger partial charge in [-0.1, -0.05) is 25.0 Å². The van der Waals surface area contributed by atoms with Gasteiger partial charge in [0.15, 0.2) is 0 Å².